The summed E-state index contributed by atoms with van der Waals surface area (Å²) in [5, 5.41) is 16.9. The van der Waals surface area contributed by atoms with Crippen LogP contribution >= 0.6 is 0 Å². The number of piperidine rings is 1. The molecule has 0 unspecified atom stereocenters. The van der Waals surface area contributed by atoms with Crippen molar-refractivity contribution in [2.24, 2.45) is 5.92 Å². The van der Waals surface area contributed by atoms with Crippen molar-refractivity contribution in [3.63, 3.8) is 0 Å². The topological polar surface area (TPSA) is 109 Å². The van der Waals surface area contributed by atoms with Crippen LogP contribution in [0, 0.1) is 5.92 Å². The van der Waals surface area contributed by atoms with Crippen molar-refractivity contribution in [2.45, 2.75) is 65.1 Å². The monoisotopic (exact) mass is 477 g/mol. The molecule has 1 fully saturated rings. The number of carbonyl (C=O) groups is 2. The number of nitrogens with zero attached hydrogens (tertiary/aromatic N) is 1. The Kier molecular flexibility index (Phi) is 8.88. The molecule has 34 heavy (non-hydrogen) atoms. The van der Waals surface area contributed by atoms with E-state index in [-0.39, 0.29) is 18.4 Å². The zero-order valence-electron chi connectivity index (χ0n) is 20.8. The highest BCUT2D eigenvalue weighted by molar-refractivity contribution is 5.99. The Bertz CT molecular complexity index is 854. The van der Waals surface area contributed by atoms with Crippen molar-refractivity contribution in [3.05, 3.63) is 17.7 Å². The molecule has 2 aliphatic rings. The first-order valence-corrected chi connectivity index (χ1v) is 12.3. The molecule has 0 radical (unpaired) electrons. The van der Waals surface area contributed by atoms with E-state index in [1.165, 1.54) is 4.90 Å². The number of ether oxygens (including phenoxy) is 3. The number of β-amino-alcohol motifs (C(OH)–C–C–N with tert-alkyl or cyclic N) is 1. The summed E-state index contributed by atoms with van der Waals surface area (Å²) >= 11 is 0. The molecule has 0 spiro atoms. The molecule has 2 amide bonds. The normalized spacial score (nSPS) is 20.3. The molecule has 0 bridgehead atoms. The average molecular weight is 478 g/mol. The first kappa shape index (κ1) is 25.9. The van der Waals surface area contributed by atoms with Crippen molar-refractivity contribution in [3.8, 4) is 11.5 Å². The second-order valence-electron chi connectivity index (χ2n) is 9.93. The van der Waals surface area contributed by atoms with E-state index in [2.05, 4.69) is 17.6 Å². The van der Waals surface area contributed by atoms with Gasteiger partial charge in [-0.15, -0.1) is 0 Å². The summed E-state index contributed by atoms with van der Waals surface area (Å²) in [6.45, 7) is 10.3. The maximum Gasteiger partial charge on any atom is 0.410 e. The number of benzene rings is 1. The molecular weight excluding hydrogens is 438 g/mol. The average Bonchev–Trinajstić information content (AvgIpc) is 3.02. The molecule has 2 aliphatic heterocycles. The third-order valence-corrected chi connectivity index (χ3v) is 5.85. The number of fused-ring (bicyclic) bond motifs is 1. The van der Waals surface area contributed by atoms with E-state index in [1.807, 2.05) is 26.8 Å². The number of hydrogen-bond acceptors (Lipinski definition) is 7. The largest absolute Gasteiger partial charge is 0.489 e. The quantitative estimate of drug-likeness (QED) is 0.516. The molecule has 0 aromatic heterocycles. The van der Waals surface area contributed by atoms with Crippen LogP contribution in [0.5, 0.6) is 11.5 Å². The van der Waals surface area contributed by atoms with E-state index < -0.39 is 17.8 Å². The van der Waals surface area contributed by atoms with Crippen LogP contribution in [0.4, 0.5) is 10.5 Å². The molecule has 3 N–H and O–H groups in total. The van der Waals surface area contributed by atoms with Gasteiger partial charge in [0.15, 0.2) is 11.5 Å². The second kappa shape index (κ2) is 11.6. The number of amides is 2. The molecule has 2 heterocycles. The Hall–Kier alpha value is -2.68. The maximum atomic E-state index is 13.1. The minimum absolute atomic E-state index is 0.163. The third-order valence-electron chi connectivity index (χ3n) is 5.85. The van der Waals surface area contributed by atoms with Gasteiger partial charge in [0.1, 0.15) is 5.60 Å². The van der Waals surface area contributed by atoms with Crippen LogP contribution in [-0.2, 0) is 4.74 Å². The first-order chi connectivity index (χ1) is 16.2. The lowest BCUT2D eigenvalue weighted by molar-refractivity contribution is -0.0122. The van der Waals surface area contributed by atoms with E-state index in [0.29, 0.717) is 49.8 Å². The van der Waals surface area contributed by atoms with Crippen LogP contribution < -0.4 is 20.1 Å². The van der Waals surface area contributed by atoms with Gasteiger partial charge in [0, 0.05) is 43.7 Å². The van der Waals surface area contributed by atoms with Gasteiger partial charge < -0.3 is 34.9 Å². The molecule has 0 aliphatic carbocycles. The second-order valence-corrected chi connectivity index (χ2v) is 9.93. The maximum absolute atomic E-state index is 13.1. The fourth-order valence-electron chi connectivity index (χ4n) is 3.98. The standard InChI is InChI=1S/C25H39N3O6/c1-5-6-9-26-18-13-19(22-21(14-18)32-11-7-12-33-22)23(30)27-15-17-8-10-28(16-20(17)29)24(31)34-25(2,3)4/h13-14,17,20,26,29H,5-12,15-16H2,1-4H3,(H,27,30)/t17-,20+/m0/s1. The van der Waals surface area contributed by atoms with Gasteiger partial charge in [0.25, 0.3) is 5.91 Å². The van der Waals surface area contributed by atoms with Gasteiger partial charge in [0.05, 0.1) is 31.4 Å². The highest BCUT2D eigenvalue weighted by Gasteiger charge is 2.33. The lowest BCUT2D eigenvalue weighted by atomic mass is 9.94. The summed E-state index contributed by atoms with van der Waals surface area (Å²) in [7, 11) is 0. The number of rotatable bonds is 7. The lowest BCUT2D eigenvalue weighted by Crippen LogP contribution is -2.50. The Balaban J connectivity index is 1.63. The van der Waals surface area contributed by atoms with Crippen LogP contribution in [0.15, 0.2) is 12.1 Å². The molecule has 190 valence electrons. The molecule has 0 saturated carbocycles. The summed E-state index contributed by atoms with van der Waals surface area (Å²) < 4.78 is 17.1. The number of hydrogen-bond donors (Lipinski definition) is 3. The van der Waals surface area contributed by atoms with E-state index >= 15 is 0 Å². The summed E-state index contributed by atoms with van der Waals surface area (Å²) in [5.74, 6) is 0.582. The molecule has 9 nitrogen and oxygen atoms in total. The van der Waals surface area contributed by atoms with E-state index in [4.69, 9.17) is 14.2 Å². The minimum atomic E-state index is -0.750. The predicted molar refractivity (Wildman–Crippen MR) is 130 cm³/mol. The van der Waals surface area contributed by atoms with Crippen LogP contribution in [0.1, 0.15) is 63.7 Å². The fourth-order valence-corrected chi connectivity index (χ4v) is 3.98. The van der Waals surface area contributed by atoms with Crippen molar-refractivity contribution in [1.29, 1.82) is 0 Å². The molecule has 2 atom stereocenters. The van der Waals surface area contributed by atoms with Crippen LogP contribution in [0.25, 0.3) is 0 Å². The Labute approximate surface area is 202 Å². The SMILES string of the molecule is CCCCNc1cc2c(c(C(=O)NC[C@@H]3CCN(C(=O)OC(C)(C)C)C[C@H]3O)c1)OCCCO2. The van der Waals surface area contributed by atoms with Gasteiger partial charge in [-0.3, -0.25) is 4.79 Å². The smallest absolute Gasteiger partial charge is 0.410 e. The molecule has 9 heteroatoms. The van der Waals surface area contributed by atoms with E-state index in [1.54, 1.807) is 6.07 Å². The third kappa shape index (κ3) is 7.16. The minimum Gasteiger partial charge on any atom is -0.489 e. The van der Waals surface area contributed by atoms with Crippen molar-refractivity contribution in [2.75, 3.05) is 44.7 Å². The summed E-state index contributed by atoms with van der Waals surface area (Å²) in [6.07, 6.45) is 2.23. The van der Waals surface area contributed by atoms with Gasteiger partial charge in [0.2, 0.25) is 0 Å². The number of likely N-dealkylation sites (tertiary alicyclic amines) is 1. The summed E-state index contributed by atoms with van der Waals surface area (Å²) in [4.78, 5) is 27.0. The molecule has 1 aromatic rings. The Morgan fingerprint density at radius 3 is 2.71 bits per heavy atom. The Morgan fingerprint density at radius 2 is 2.00 bits per heavy atom. The molecule has 3 rings (SSSR count). The van der Waals surface area contributed by atoms with Gasteiger partial charge in [-0.1, -0.05) is 13.3 Å². The zero-order chi connectivity index (χ0) is 24.7. The van der Waals surface area contributed by atoms with E-state index in [0.717, 1.165) is 31.5 Å². The number of nitrogens with one attached hydrogen (secondary N) is 2. The number of aliphatic hydroxyl groups excluding tert-OH is 1. The molecule has 1 aromatic carbocycles. The number of anilines is 1. The number of carbonyl (C=O) groups excluding carboxylic acids is 2. The summed E-state index contributed by atoms with van der Waals surface area (Å²) in [5.41, 5.74) is 0.643. The van der Waals surface area contributed by atoms with E-state index in [9.17, 15) is 14.7 Å². The lowest BCUT2D eigenvalue weighted by Gasteiger charge is -2.36. The zero-order valence-corrected chi connectivity index (χ0v) is 20.8. The van der Waals surface area contributed by atoms with Crippen molar-refractivity contribution >= 4 is 17.7 Å². The van der Waals surface area contributed by atoms with Gasteiger partial charge in [-0.2, -0.15) is 0 Å². The number of unbranched alkanes of at least 4 members (excludes halogenated alkanes) is 1. The first-order valence-electron chi connectivity index (χ1n) is 12.3. The van der Waals surface area contributed by atoms with Crippen LogP contribution in [-0.4, -0.2) is 73.1 Å². The summed E-state index contributed by atoms with van der Waals surface area (Å²) in [6, 6.07) is 3.67. The number of aliphatic hydroxyl groups is 1. The highest BCUT2D eigenvalue weighted by atomic mass is 16.6. The molecule has 1 saturated heterocycles. The van der Waals surface area contributed by atoms with Crippen LogP contribution in [0.2, 0.25) is 0 Å². The van der Waals surface area contributed by atoms with Crippen LogP contribution in [0.3, 0.4) is 0 Å². The van der Waals surface area contributed by atoms with Crippen molar-refractivity contribution < 1.29 is 28.9 Å². The fraction of sp³-hybridized carbons (Fsp3) is 0.680. The van der Waals surface area contributed by atoms with Gasteiger partial charge >= 0.3 is 6.09 Å². The van der Waals surface area contributed by atoms with Gasteiger partial charge in [-0.25, -0.2) is 4.79 Å². The Morgan fingerprint density at radius 1 is 1.24 bits per heavy atom. The van der Waals surface area contributed by atoms with Crippen molar-refractivity contribution in [1.82, 2.24) is 10.2 Å². The van der Waals surface area contributed by atoms with Gasteiger partial charge in [-0.05, 0) is 39.7 Å². The molecular formula is C25H39N3O6. The highest BCUT2D eigenvalue weighted by Crippen LogP contribution is 2.37. The predicted octanol–water partition coefficient (Wildman–Crippen LogP) is 3.41.